The SMILES string of the molecule is CC(C)c1nc2cc(C(C)(C)C)cc(Cl)n2n1. The maximum Gasteiger partial charge on any atom is 0.157 e. The molecule has 0 saturated carbocycles. The molecule has 2 heterocycles. The van der Waals surface area contributed by atoms with Crippen LogP contribution in [-0.2, 0) is 5.41 Å². The summed E-state index contributed by atoms with van der Waals surface area (Å²) in [6, 6.07) is 4.03. The van der Waals surface area contributed by atoms with E-state index in [-0.39, 0.29) is 5.41 Å². The summed E-state index contributed by atoms with van der Waals surface area (Å²) < 4.78 is 1.70. The van der Waals surface area contributed by atoms with Crippen molar-refractivity contribution in [2.75, 3.05) is 0 Å². The van der Waals surface area contributed by atoms with Crippen LogP contribution in [0.15, 0.2) is 12.1 Å². The van der Waals surface area contributed by atoms with Crippen molar-refractivity contribution in [1.82, 2.24) is 14.6 Å². The van der Waals surface area contributed by atoms with Crippen LogP contribution >= 0.6 is 11.6 Å². The van der Waals surface area contributed by atoms with Crippen LogP contribution in [0.4, 0.5) is 0 Å². The number of aromatic nitrogens is 3. The number of rotatable bonds is 1. The quantitative estimate of drug-likeness (QED) is 0.722. The third-order valence-electron chi connectivity index (χ3n) is 2.79. The van der Waals surface area contributed by atoms with Gasteiger partial charge in [-0.15, -0.1) is 5.10 Å². The Morgan fingerprint density at radius 2 is 1.88 bits per heavy atom. The molecule has 0 aliphatic rings. The predicted octanol–water partition coefficient (Wildman–Crippen LogP) is 3.80. The molecule has 0 atom stereocenters. The van der Waals surface area contributed by atoms with Crippen molar-refractivity contribution in [3.8, 4) is 0 Å². The second-order valence-electron chi connectivity index (χ2n) is 5.71. The summed E-state index contributed by atoms with van der Waals surface area (Å²) in [5, 5.41) is 5.03. The molecule has 0 fully saturated rings. The van der Waals surface area contributed by atoms with Gasteiger partial charge in [0.1, 0.15) is 5.15 Å². The van der Waals surface area contributed by atoms with Gasteiger partial charge in [-0.2, -0.15) is 0 Å². The van der Waals surface area contributed by atoms with E-state index in [2.05, 4.69) is 50.8 Å². The Balaban J connectivity index is 2.65. The Bertz CT molecular complexity index is 550. The van der Waals surface area contributed by atoms with Crippen LogP contribution in [0.3, 0.4) is 0 Å². The lowest BCUT2D eigenvalue weighted by atomic mass is 9.88. The fourth-order valence-corrected chi connectivity index (χ4v) is 1.88. The molecule has 4 heteroatoms. The molecule has 0 aliphatic heterocycles. The minimum absolute atomic E-state index is 0.0648. The van der Waals surface area contributed by atoms with Crippen LogP contribution in [0.1, 0.15) is 51.9 Å². The fraction of sp³-hybridized carbons (Fsp3) is 0.538. The number of hydrogen-bond donors (Lipinski definition) is 0. The third-order valence-corrected chi connectivity index (χ3v) is 3.06. The highest BCUT2D eigenvalue weighted by Crippen LogP contribution is 2.26. The first-order valence-corrected chi connectivity index (χ1v) is 6.23. The number of nitrogens with zero attached hydrogens (tertiary/aromatic N) is 3. The molecule has 0 spiro atoms. The first kappa shape index (κ1) is 12.4. The Hall–Kier alpha value is -1.09. The summed E-state index contributed by atoms with van der Waals surface area (Å²) in [6.45, 7) is 10.6. The maximum atomic E-state index is 6.25. The molecular formula is C13H18ClN3. The van der Waals surface area contributed by atoms with Gasteiger partial charge in [0, 0.05) is 5.92 Å². The van der Waals surface area contributed by atoms with Crippen molar-refractivity contribution in [2.45, 2.75) is 46.0 Å². The second kappa shape index (κ2) is 3.98. The fourth-order valence-electron chi connectivity index (χ4n) is 1.64. The summed E-state index contributed by atoms with van der Waals surface area (Å²) >= 11 is 6.25. The Kier molecular flexibility index (Phi) is 2.90. The van der Waals surface area contributed by atoms with Crippen LogP contribution in [0.5, 0.6) is 0 Å². The lowest BCUT2D eigenvalue weighted by molar-refractivity contribution is 0.589. The van der Waals surface area contributed by atoms with Gasteiger partial charge in [0.15, 0.2) is 11.5 Å². The van der Waals surface area contributed by atoms with E-state index in [0.29, 0.717) is 11.1 Å². The van der Waals surface area contributed by atoms with Crippen molar-refractivity contribution in [3.63, 3.8) is 0 Å². The Labute approximate surface area is 107 Å². The zero-order valence-corrected chi connectivity index (χ0v) is 11.7. The summed E-state index contributed by atoms with van der Waals surface area (Å²) in [7, 11) is 0. The average molecular weight is 252 g/mol. The van der Waals surface area contributed by atoms with Crippen molar-refractivity contribution in [1.29, 1.82) is 0 Å². The summed E-state index contributed by atoms with van der Waals surface area (Å²) in [5.74, 6) is 1.14. The molecule has 0 aliphatic carbocycles. The molecule has 2 aromatic rings. The van der Waals surface area contributed by atoms with E-state index in [0.717, 1.165) is 11.5 Å². The van der Waals surface area contributed by atoms with E-state index in [4.69, 9.17) is 11.6 Å². The molecule has 0 amide bonds. The summed E-state index contributed by atoms with van der Waals surface area (Å²) in [4.78, 5) is 4.51. The highest BCUT2D eigenvalue weighted by molar-refractivity contribution is 6.29. The number of halogens is 1. The zero-order valence-electron chi connectivity index (χ0n) is 11.0. The van der Waals surface area contributed by atoms with Crippen LogP contribution in [0, 0.1) is 0 Å². The molecule has 0 saturated heterocycles. The third kappa shape index (κ3) is 2.29. The zero-order chi connectivity index (χ0) is 12.8. The molecule has 2 rings (SSSR count). The number of pyridine rings is 1. The normalized spacial score (nSPS) is 12.6. The lowest BCUT2D eigenvalue weighted by Crippen LogP contribution is -2.11. The predicted molar refractivity (Wildman–Crippen MR) is 70.8 cm³/mol. The van der Waals surface area contributed by atoms with Gasteiger partial charge in [0.05, 0.1) is 0 Å². The van der Waals surface area contributed by atoms with Crippen LogP contribution < -0.4 is 0 Å². The summed E-state index contributed by atoms with van der Waals surface area (Å²) in [5.41, 5.74) is 2.07. The molecule has 2 aromatic heterocycles. The smallest absolute Gasteiger partial charge is 0.157 e. The molecular weight excluding hydrogens is 234 g/mol. The van der Waals surface area contributed by atoms with E-state index in [1.165, 1.54) is 5.56 Å². The van der Waals surface area contributed by atoms with Crippen LogP contribution in [0.2, 0.25) is 5.15 Å². The van der Waals surface area contributed by atoms with Gasteiger partial charge in [0.2, 0.25) is 0 Å². The van der Waals surface area contributed by atoms with Crippen molar-refractivity contribution >= 4 is 17.2 Å². The largest absolute Gasteiger partial charge is 0.212 e. The van der Waals surface area contributed by atoms with Crippen LogP contribution in [0.25, 0.3) is 5.65 Å². The van der Waals surface area contributed by atoms with E-state index in [1.54, 1.807) is 4.52 Å². The number of fused-ring (bicyclic) bond motifs is 1. The van der Waals surface area contributed by atoms with E-state index >= 15 is 0 Å². The highest BCUT2D eigenvalue weighted by Gasteiger charge is 2.18. The minimum Gasteiger partial charge on any atom is -0.212 e. The van der Waals surface area contributed by atoms with Crippen molar-refractivity contribution < 1.29 is 0 Å². The molecule has 0 radical (unpaired) electrons. The maximum absolute atomic E-state index is 6.25. The standard InChI is InChI=1S/C13H18ClN3/c1-8(2)12-15-11-7-9(13(3,4)5)6-10(14)17(11)16-12/h6-8H,1-5H3. The van der Waals surface area contributed by atoms with E-state index in [9.17, 15) is 0 Å². The molecule has 0 aromatic carbocycles. The van der Waals surface area contributed by atoms with Gasteiger partial charge in [-0.1, -0.05) is 46.2 Å². The second-order valence-corrected chi connectivity index (χ2v) is 6.10. The van der Waals surface area contributed by atoms with Gasteiger partial charge < -0.3 is 0 Å². The Morgan fingerprint density at radius 3 is 2.41 bits per heavy atom. The topological polar surface area (TPSA) is 30.2 Å². The highest BCUT2D eigenvalue weighted by atomic mass is 35.5. The first-order chi connectivity index (χ1) is 7.79. The van der Waals surface area contributed by atoms with E-state index < -0.39 is 0 Å². The molecule has 92 valence electrons. The van der Waals surface area contributed by atoms with Gasteiger partial charge in [-0.25, -0.2) is 9.50 Å². The van der Waals surface area contributed by atoms with Gasteiger partial charge in [-0.3, -0.25) is 0 Å². The average Bonchev–Trinajstić information content (AvgIpc) is 2.60. The molecule has 0 N–H and O–H groups in total. The molecule has 0 bridgehead atoms. The van der Waals surface area contributed by atoms with Crippen molar-refractivity contribution in [3.05, 3.63) is 28.7 Å². The minimum atomic E-state index is 0.0648. The van der Waals surface area contributed by atoms with Crippen LogP contribution in [-0.4, -0.2) is 14.6 Å². The first-order valence-electron chi connectivity index (χ1n) is 5.86. The summed E-state index contributed by atoms with van der Waals surface area (Å²) in [6.07, 6.45) is 0. The molecule has 17 heavy (non-hydrogen) atoms. The van der Waals surface area contributed by atoms with E-state index in [1.807, 2.05) is 6.07 Å². The monoisotopic (exact) mass is 251 g/mol. The lowest BCUT2D eigenvalue weighted by Gasteiger charge is -2.19. The van der Waals surface area contributed by atoms with Gasteiger partial charge >= 0.3 is 0 Å². The Morgan fingerprint density at radius 1 is 1.24 bits per heavy atom. The molecule has 3 nitrogen and oxygen atoms in total. The molecule has 0 unspecified atom stereocenters. The van der Waals surface area contributed by atoms with Gasteiger partial charge in [0.25, 0.3) is 0 Å². The van der Waals surface area contributed by atoms with Gasteiger partial charge in [-0.05, 0) is 23.1 Å². The number of hydrogen-bond acceptors (Lipinski definition) is 2. The van der Waals surface area contributed by atoms with Crippen molar-refractivity contribution in [2.24, 2.45) is 0 Å².